The number of rotatable bonds is 5. The van der Waals surface area contributed by atoms with E-state index in [-0.39, 0.29) is 12.1 Å². The molecular weight excluding hydrogens is 228 g/mol. The molecule has 1 aromatic heterocycles. The molecule has 0 radical (unpaired) electrons. The van der Waals surface area contributed by atoms with Gasteiger partial charge in [0.2, 0.25) is 0 Å². The first-order valence-electron chi connectivity index (χ1n) is 6.62. The Labute approximate surface area is 109 Å². The second-order valence-electron chi connectivity index (χ2n) is 4.75. The van der Waals surface area contributed by atoms with E-state index in [0.29, 0.717) is 12.5 Å². The zero-order valence-electron chi connectivity index (χ0n) is 11.3. The predicted octanol–water partition coefficient (Wildman–Crippen LogP) is 2.17. The van der Waals surface area contributed by atoms with E-state index in [1.807, 2.05) is 26.2 Å². The maximum atomic E-state index is 5.84. The van der Waals surface area contributed by atoms with Gasteiger partial charge in [-0.3, -0.25) is 4.98 Å². The number of aromatic nitrogens is 1. The van der Waals surface area contributed by atoms with Crippen molar-refractivity contribution >= 4 is 0 Å². The number of likely N-dealkylation sites (N-methyl/N-ethyl adjacent to an activating group) is 1. The SMILES string of the molecule is CCOc1cncc(C(NC)C2OCCC2C)c1. The molecule has 100 valence electrons. The highest BCUT2D eigenvalue weighted by molar-refractivity contribution is 5.27. The van der Waals surface area contributed by atoms with Gasteiger partial charge in [0.05, 0.1) is 24.9 Å². The van der Waals surface area contributed by atoms with Crippen LogP contribution in [0, 0.1) is 5.92 Å². The fraction of sp³-hybridized carbons (Fsp3) is 0.643. The molecule has 0 spiro atoms. The molecule has 0 bridgehead atoms. The quantitative estimate of drug-likeness (QED) is 0.869. The molecule has 1 saturated heterocycles. The molecule has 2 heterocycles. The summed E-state index contributed by atoms with van der Waals surface area (Å²) in [4.78, 5) is 4.25. The van der Waals surface area contributed by atoms with Crippen LogP contribution in [0.3, 0.4) is 0 Å². The zero-order valence-corrected chi connectivity index (χ0v) is 11.3. The van der Waals surface area contributed by atoms with Gasteiger partial charge >= 0.3 is 0 Å². The normalized spacial score (nSPS) is 25.1. The molecule has 0 aromatic carbocycles. The Hall–Kier alpha value is -1.13. The molecule has 3 atom stereocenters. The number of hydrogen-bond donors (Lipinski definition) is 1. The fourth-order valence-electron chi connectivity index (χ4n) is 2.52. The Bertz CT molecular complexity index is 384. The third-order valence-corrected chi connectivity index (χ3v) is 3.49. The van der Waals surface area contributed by atoms with Crippen LogP contribution in [0.2, 0.25) is 0 Å². The third-order valence-electron chi connectivity index (χ3n) is 3.49. The standard InChI is InChI=1S/C14H22N2O2/c1-4-17-12-7-11(8-16-9-12)13(15-3)14-10(2)5-6-18-14/h7-10,13-15H,4-6H2,1-3H3. The topological polar surface area (TPSA) is 43.4 Å². The highest BCUT2D eigenvalue weighted by Gasteiger charge is 2.32. The van der Waals surface area contributed by atoms with Crippen molar-refractivity contribution < 1.29 is 9.47 Å². The van der Waals surface area contributed by atoms with Crippen molar-refractivity contribution in [3.63, 3.8) is 0 Å². The monoisotopic (exact) mass is 250 g/mol. The average molecular weight is 250 g/mol. The minimum Gasteiger partial charge on any atom is -0.492 e. The van der Waals surface area contributed by atoms with Gasteiger partial charge in [0.1, 0.15) is 5.75 Å². The summed E-state index contributed by atoms with van der Waals surface area (Å²) < 4.78 is 11.3. The van der Waals surface area contributed by atoms with E-state index in [2.05, 4.69) is 17.2 Å². The van der Waals surface area contributed by atoms with Crippen molar-refractivity contribution in [2.24, 2.45) is 5.92 Å². The van der Waals surface area contributed by atoms with Gasteiger partial charge in [0.15, 0.2) is 0 Å². The van der Waals surface area contributed by atoms with Crippen LogP contribution in [-0.2, 0) is 4.74 Å². The van der Waals surface area contributed by atoms with E-state index in [4.69, 9.17) is 9.47 Å². The first-order chi connectivity index (χ1) is 8.76. The summed E-state index contributed by atoms with van der Waals surface area (Å²) in [6.45, 7) is 5.72. The van der Waals surface area contributed by atoms with Crippen molar-refractivity contribution in [3.8, 4) is 5.75 Å². The Kier molecular flexibility index (Phi) is 4.55. The first kappa shape index (κ1) is 13.3. The predicted molar refractivity (Wildman–Crippen MR) is 70.7 cm³/mol. The van der Waals surface area contributed by atoms with Crippen LogP contribution in [0.15, 0.2) is 18.5 Å². The van der Waals surface area contributed by atoms with E-state index in [1.165, 1.54) is 0 Å². The van der Waals surface area contributed by atoms with Gasteiger partial charge in [-0.15, -0.1) is 0 Å². The summed E-state index contributed by atoms with van der Waals surface area (Å²) in [6.07, 6.45) is 4.98. The molecule has 1 aromatic rings. The van der Waals surface area contributed by atoms with Crippen molar-refractivity contribution in [3.05, 3.63) is 24.0 Å². The molecular formula is C14H22N2O2. The number of nitrogens with zero attached hydrogens (tertiary/aromatic N) is 1. The highest BCUT2D eigenvalue weighted by atomic mass is 16.5. The van der Waals surface area contributed by atoms with E-state index in [9.17, 15) is 0 Å². The summed E-state index contributed by atoms with van der Waals surface area (Å²) >= 11 is 0. The van der Waals surface area contributed by atoms with Crippen LogP contribution in [-0.4, -0.2) is 31.3 Å². The molecule has 0 saturated carbocycles. The van der Waals surface area contributed by atoms with Gasteiger partial charge in [-0.2, -0.15) is 0 Å². The molecule has 2 rings (SSSR count). The fourth-order valence-corrected chi connectivity index (χ4v) is 2.52. The summed E-state index contributed by atoms with van der Waals surface area (Å²) in [7, 11) is 1.96. The molecule has 4 nitrogen and oxygen atoms in total. The maximum absolute atomic E-state index is 5.84. The largest absolute Gasteiger partial charge is 0.492 e. The van der Waals surface area contributed by atoms with Crippen molar-refractivity contribution in [1.29, 1.82) is 0 Å². The first-order valence-corrected chi connectivity index (χ1v) is 6.62. The lowest BCUT2D eigenvalue weighted by Crippen LogP contribution is -2.32. The van der Waals surface area contributed by atoms with Crippen molar-refractivity contribution in [1.82, 2.24) is 10.3 Å². The maximum Gasteiger partial charge on any atom is 0.137 e. The Balaban J connectivity index is 2.18. The minimum atomic E-state index is 0.176. The Morgan fingerprint density at radius 2 is 2.39 bits per heavy atom. The molecule has 0 amide bonds. The van der Waals surface area contributed by atoms with Crippen LogP contribution in [0.25, 0.3) is 0 Å². The number of pyridine rings is 1. The number of ether oxygens (including phenoxy) is 2. The van der Waals surface area contributed by atoms with Gasteiger partial charge in [0.25, 0.3) is 0 Å². The van der Waals surface area contributed by atoms with Gasteiger partial charge in [-0.1, -0.05) is 6.92 Å². The van der Waals surface area contributed by atoms with E-state index < -0.39 is 0 Å². The van der Waals surface area contributed by atoms with Crippen LogP contribution >= 0.6 is 0 Å². The summed E-state index contributed by atoms with van der Waals surface area (Å²) in [5.74, 6) is 1.39. The molecule has 4 heteroatoms. The summed E-state index contributed by atoms with van der Waals surface area (Å²) in [5.41, 5.74) is 1.13. The molecule has 1 fully saturated rings. The zero-order chi connectivity index (χ0) is 13.0. The highest BCUT2D eigenvalue weighted by Crippen LogP contribution is 2.31. The summed E-state index contributed by atoms with van der Waals surface area (Å²) in [6, 6.07) is 2.22. The van der Waals surface area contributed by atoms with Gasteiger partial charge in [0, 0.05) is 12.8 Å². The van der Waals surface area contributed by atoms with Crippen LogP contribution in [0.5, 0.6) is 5.75 Å². The lowest BCUT2D eigenvalue weighted by molar-refractivity contribution is 0.0629. The Morgan fingerprint density at radius 1 is 1.56 bits per heavy atom. The average Bonchev–Trinajstić information content (AvgIpc) is 2.78. The van der Waals surface area contributed by atoms with Crippen molar-refractivity contribution in [2.45, 2.75) is 32.4 Å². The molecule has 3 unspecified atom stereocenters. The molecule has 1 aliphatic heterocycles. The lowest BCUT2D eigenvalue weighted by atomic mass is 9.93. The van der Waals surface area contributed by atoms with E-state index in [1.54, 1.807) is 6.20 Å². The Morgan fingerprint density at radius 3 is 3.00 bits per heavy atom. The molecule has 1 N–H and O–H groups in total. The summed E-state index contributed by atoms with van der Waals surface area (Å²) in [5, 5.41) is 3.34. The molecule has 1 aliphatic rings. The molecule has 18 heavy (non-hydrogen) atoms. The second kappa shape index (κ2) is 6.16. The smallest absolute Gasteiger partial charge is 0.137 e. The third kappa shape index (κ3) is 2.82. The molecule has 0 aliphatic carbocycles. The van der Waals surface area contributed by atoms with Crippen LogP contribution < -0.4 is 10.1 Å². The minimum absolute atomic E-state index is 0.176. The van der Waals surface area contributed by atoms with Crippen molar-refractivity contribution in [2.75, 3.05) is 20.3 Å². The van der Waals surface area contributed by atoms with E-state index in [0.717, 1.165) is 24.3 Å². The van der Waals surface area contributed by atoms with Crippen LogP contribution in [0.1, 0.15) is 31.9 Å². The van der Waals surface area contributed by atoms with Crippen LogP contribution in [0.4, 0.5) is 0 Å². The lowest BCUT2D eigenvalue weighted by Gasteiger charge is -2.26. The van der Waals surface area contributed by atoms with Gasteiger partial charge in [-0.25, -0.2) is 0 Å². The number of nitrogens with one attached hydrogen (secondary N) is 1. The van der Waals surface area contributed by atoms with E-state index >= 15 is 0 Å². The number of hydrogen-bond acceptors (Lipinski definition) is 4. The second-order valence-corrected chi connectivity index (χ2v) is 4.75. The van der Waals surface area contributed by atoms with Gasteiger partial charge in [-0.05, 0) is 37.9 Å². The van der Waals surface area contributed by atoms with Gasteiger partial charge < -0.3 is 14.8 Å².